The largest absolute Gasteiger partial charge is 0.366 e. The monoisotopic (exact) mass is 313 g/mol. The van der Waals surface area contributed by atoms with Crippen molar-refractivity contribution in [3.05, 3.63) is 35.4 Å². The van der Waals surface area contributed by atoms with Gasteiger partial charge in [-0.15, -0.1) is 12.4 Å². The second-order valence-electron chi connectivity index (χ2n) is 4.84. The minimum absolute atomic E-state index is 0. The third kappa shape index (κ3) is 4.70. The zero-order chi connectivity index (χ0) is 14.5. The number of amides is 2. The Morgan fingerprint density at radius 1 is 1.33 bits per heavy atom. The molecule has 2 atom stereocenters. The van der Waals surface area contributed by atoms with Gasteiger partial charge in [-0.1, -0.05) is 12.1 Å². The van der Waals surface area contributed by atoms with Gasteiger partial charge in [0.2, 0.25) is 11.8 Å². The number of hydrogen-bond donors (Lipinski definition) is 3. The topological polar surface area (TPSA) is 107 Å². The van der Waals surface area contributed by atoms with Gasteiger partial charge in [-0.3, -0.25) is 9.59 Å². The van der Waals surface area contributed by atoms with E-state index in [2.05, 4.69) is 5.32 Å². The molecule has 2 amide bonds. The van der Waals surface area contributed by atoms with Crippen LogP contribution < -0.4 is 16.8 Å². The molecule has 0 bridgehead atoms. The summed E-state index contributed by atoms with van der Waals surface area (Å²) in [6.07, 6.45) is 1.05. The molecular formula is C14H20ClN3O3. The Morgan fingerprint density at radius 2 is 2.10 bits per heavy atom. The van der Waals surface area contributed by atoms with Gasteiger partial charge in [0.15, 0.2) is 0 Å². The standard InChI is InChI=1S/C14H19N3O3.ClH/c15-7-11-4-5-12(20-11)14(19)17-8-9-2-1-3-10(6-9)13(16)18;/h1-3,6,11-12H,4-5,7-8,15H2,(H2,16,18)(H,17,19);1H/t11-,12+;/m1./s1. The second kappa shape index (κ2) is 7.97. The zero-order valence-electron chi connectivity index (χ0n) is 11.6. The van der Waals surface area contributed by atoms with Crippen molar-refractivity contribution < 1.29 is 14.3 Å². The van der Waals surface area contributed by atoms with Crippen LogP contribution in [0, 0.1) is 0 Å². The van der Waals surface area contributed by atoms with E-state index in [-0.39, 0.29) is 24.4 Å². The summed E-state index contributed by atoms with van der Waals surface area (Å²) in [5.41, 5.74) is 12.0. The Bertz CT molecular complexity index is 510. The third-order valence-electron chi connectivity index (χ3n) is 3.34. The summed E-state index contributed by atoms with van der Waals surface area (Å²) in [6.45, 7) is 0.775. The Morgan fingerprint density at radius 3 is 2.71 bits per heavy atom. The summed E-state index contributed by atoms with van der Waals surface area (Å²) in [6, 6.07) is 6.86. The van der Waals surface area contributed by atoms with Crippen LogP contribution in [0.1, 0.15) is 28.8 Å². The van der Waals surface area contributed by atoms with Gasteiger partial charge in [-0.25, -0.2) is 0 Å². The van der Waals surface area contributed by atoms with Gasteiger partial charge in [-0.2, -0.15) is 0 Å². The third-order valence-corrected chi connectivity index (χ3v) is 3.34. The molecule has 1 aromatic rings. The molecule has 1 saturated heterocycles. The molecule has 2 rings (SSSR count). The van der Waals surface area contributed by atoms with Crippen LogP contribution in [-0.4, -0.2) is 30.6 Å². The first-order valence-corrected chi connectivity index (χ1v) is 6.62. The molecule has 1 fully saturated rings. The van der Waals surface area contributed by atoms with Crippen LogP contribution in [0.15, 0.2) is 24.3 Å². The average molecular weight is 314 g/mol. The van der Waals surface area contributed by atoms with Crippen molar-refractivity contribution in [1.29, 1.82) is 0 Å². The summed E-state index contributed by atoms with van der Waals surface area (Å²) in [4.78, 5) is 23.0. The van der Waals surface area contributed by atoms with Crippen molar-refractivity contribution in [1.82, 2.24) is 5.32 Å². The lowest BCUT2D eigenvalue weighted by Gasteiger charge is -2.13. The number of primary amides is 1. The first-order chi connectivity index (χ1) is 9.60. The van der Waals surface area contributed by atoms with E-state index in [4.69, 9.17) is 16.2 Å². The van der Waals surface area contributed by atoms with Crippen LogP contribution in [0.3, 0.4) is 0 Å². The highest BCUT2D eigenvalue weighted by Crippen LogP contribution is 2.19. The molecule has 6 nitrogen and oxygen atoms in total. The summed E-state index contributed by atoms with van der Waals surface area (Å²) in [5, 5.41) is 2.79. The van der Waals surface area contributed by atoms with Gasteiger partial charge >= 0.3 is 0 Å². The van der Waals surface area contributed by atoms with E-state index in [0.29, 0.717) is 25.1 Å². The number of ether oxygens (including phenoxy) is 1. The summed E-state index contributed by atoms with van der Waals surface area (Å²) in [7, 11) is 0. The van der Waals surface area contributed by atoms with Crippen molar-refractivity contribution in [2.24, 2.45) is 11.5 Å². The molecule has 7 heteroatoms. The fourth-order valence-corrected chi connectivity index (χ4v) is 2.21. The predicted octanol–water partition coefficient (Wildman–Crippen LogP) is 0.330. The molecule has 1 aromatic carbocycles. The molecule has 1 aliphatic rings. The molecule has 0 aromatic heterocycles. The van der Waals surface area contributed by atoms with Crippen LogP contribution in [0.4, 0.5) is 0 Å². The van der Waals surface area contributed by atoms with Crippen LogP contribution in [0.5, 0.6) is 0 Å². The normalized spacial score (nSPS) is 20.6. The first kappa shape index (κ1) is 17.4. The summed E-state index contributed by atoms with van der Waals surface area (Å²) in [5.74, 6) is -0.631. The number of carbonyl (C=O) groups excluding carboxylic acids is 2. The van der Waals surface area contributed by atoms with Crippen LogP contribution >= 0.6 is 12.4 Å². The van der Waals surface area contributed by atoms with Gasteiger partial charge in [0.25, 0.3) is 0 Å². The predicted molar refractivity (Wildman–Crippen MR) is 81.0 cm³/mol. The smallest absolute Gasteiger partial charge is 0.249 e. The van der Waals surface area contributed by atoms with E-state index in [1.54, 1.807) is 18.2 Å². The minimum atomic E-state index is -0.483. The Hall–Kier alpha value is -1.63. The maximum atomic E-state index is 11.9. The van der Waals surface area contributed by atoms with E-state index in [9.17, 15) is 9.59 Å². The van der Waals surface area contributed by atoms with Crippen molar-refractivity contribution in [2.75, 3.05) is 6.54 Å². The van der Waals surface area contributed by atoms with E-state index in [0.717, 1.165) is 12.0 Å². The van der Waals surface area contributed by atoms with Gasteiger partial charge < -0.3 is 21.5 Å². The molecular weight excluding hydrogens is 294 g/mol. The number of benzene rings is 1. The quantitative estimate of drug-likeness (QED) is 0.728. The number of nitrogens with one attached hydrogen (secondary N) is 1. The molecule has 0 unspecified atom stereocenters. The lowest BCUT2D eigenvalue weighted by molar-refractivity contribution is -0.132. The van der Waals surface area contributed by atoms with Crippen molar-refractivity contribution in [3.8, 4) is 0 Å². The highest BCUT2D eigenvalue weighted by molar-refractivity contribution is 5.92. The second-order valence-corrected chi connectivity index (χ2v) is 4.84. The summed E-state index contributed by atoms with van der Waals surface area (Å²) >= 11 is 0. The van der Waals surface area contributed by atoms with Crippen LogP contribution in [0.2, 0.25) is 0 Å². The first-order valence-electron chi connectivity index (χ1n) is 6.62. The lowest BCUT2D eigenvalue weighted by Crippen LogP contribution is -2.35. The van der Waals surface area contributed by atoms with Crippen molar-refractivity contribution in [3.63, 3.8) is 0 Å². The molecule has 5 N–H and O–H groups in total. The number of halogens is 1. The van der Waals surface area contributed by atoms with Gasteiger partial charge in [0.05, 0.1) is 6.10 Å². The van der Waals surface area contributed by atoms with Gasteiger partial charge in [0, 0.05) is 18.7 Å². The molecule has 21 heavy (non-hydrogen) atoms. The molecule has 1 aliphatic heterocycles. The van der Waals surface area contributed by atoms with Gasteiger partial charge in [-0.05, 0) is 30.5 Å². The van der Waals surface area contributed by atoms with Crippen LogP contribution in [0.25, 0.3) is 0 Å². The maximum Gasteiger partial charge on any atom is 0.249 e. The van der Waals surface area contributed by atoms with Crippen molar-refractivity contribution >= 4 is 24.2 Å². The van der Waals surface area contributed by atoms with E-state index < -0.39 is 12.0 Å². The Kier molecular flexibility index (Phi) is 6.61. The number of hydrogen-bond acceptors (Lipinski definition) is 4. The number of carbonyl (C=O) groups is 2. The molecule has 116 valence electrons. The number of nitrogens with two attached hydrogens (primary N) is 2. The zero-order valence-corrected chi connectivity index (χ0v) is 12.4. The fourth-order valence-electron chi connectivity index (χ4n) is 2.21. The Labute approximate surface area is 129 Å². The van der Waals surface area contributed by atoms with Gasteiger partial charge in [0.1, 0.15) is 6.10 Å². The van der Waals surface area contributed by atoms with Crippen molar-refractivity contribution in [2.45, 2.75) is 31.6 Å². The summed E-state index contributed by atoms with van der Waals surface area (Å²) < 4.78 is 5.51. The van der Waals surface area contributed by atoms with E-state index in [1.165, 1.54) is 0 Å². The highest BCUT2D eigenvalue weighted by Gasteiger charge is 2.29. The van der Waals surface area contributed by atoms with E-state index in [1.807, 2.05) is 6.07 Å². The maximum absolute atomic E-state index is 11.9. The lowest BCUT2D eigenvalue weighted by atomic mass is 10.1. The average Bonchev–Trinajstić information content (AvgIpc) is 2.94. The minimum Gasteiger partial charge on any atom is -0.366 e. The van der Waals surface area contributed by atoms with Crippen LogP contribution in [-0.2, 0) is 16.1 Å². The molecule has 0 spiro atoms. The fraction of sp³-hybridized carbons (Fsp3) is 0.429. The molecule has 0 radical (unpaired) electrons. The molecule has 1 heterocycles. The Balaban J connectivity index is 0.00000220. The SMILES string of the molecule is Cl.NC[C@H]1CC[C@@H](C(=O)NCc2cccc(C(N)=O)c2)O1. The van der Waals surface area contributed by atoms with E-state index >= 15 is 0 Å². The molecule has 0 aliphatic carbocycles. The highest BCUT2D eigenvalue weighted by atomic mass is 35.5. The number of rotatable bonds is 5. The molecule has 0 saturated carbocycles.